The van der Waals surface area contributed by atoms with E-state index in [2.05, 4.69) is 17.6 Å². The van der Waals surface area contributed by atoms with Crippen LogP contribution in [-0.2, 0) is 4.79 Å². The standard InChI is InChI=1S/C21H24ClN3O3/c1-3-4-5-11-25-18-13-17(9-10-19(18)28-14(2)20(25)26)24-21(27)23-16-8-6-7-15(22)12-16/h6-10,12-14H,3-5,11H2,1-2H3,(H2,23,24,27). The summed E-state index contributed by atoms with van der Waals surface area (Å²) in [5, 5.41) is 6.06. The number of ether oxygens (including phenoxy) is 1. The molecule has 1 aliphatic rings. The van der Waals surface area contributed by atoms with Gasteiger partial charge in [-0.15, -0.1) is 0 Å². The van der Waals surface area contributed by atoms with Crippen LogP contribution in [0.1, 0.15) is 33.1 Å². The molecule has 1 unspecified atom stereocenters. The van der Waals surface area contributed by atoms with Gasteiger partial charge in [0.05, 0.1) is 5.69 Å². The Bertz CT molecular complexity index is 872. The van der Waals surface area contributed by atoms with Gasteiger partial charge in [0.2, 0.25) is 0 Å². The number of urea groups is 1. The summed E-state index contributed by atoms with van der Waals surface area (Å²) in [7, 11) is 0. The lowest BCUT2D eigenvalue weighted by Crippen LogP contribution is -2.44. The average Bonchev–Trinajstić information content (AvgIpc) is 2.65. The molecule has 3 amide bonds. The van der Waals surface area contributed by atoms with Crippen LogP contribution in [0.3, 0.4) is 0 Å². The zero-order valence-corrected chi connectivity index (χ0v) is 16.8. The lowest BCUT2D eigenvalue weighted by Gasteiger charge is -2.33. The van der Waals surface area contributed by atoms with Gasteiger partial charge in [0.15, 0.2) is 6.10 Å². The van der Waals surface area contributed by atoms with E-state index in [0.717, 1.165) is 19.3 Å². The van der Waals surface area contributed by atoms with Gasteiger partial charge in [-0.3, -0.25) is 4.79 Å². The molecule has 0 spiro atoms. The van der Waals surface area contributed by atoms with Crippen molar-refractivity contribution in [1.82, 2.24) is 0 Å². The summed E-state index contributed by atoms with van der Waals surface area (Å²) in [4.78, 5) is 26.6. The van der Waals surface area contributed by atoms with Gasteiger partial charge in [-0.05, 0) is 49.7 Å². The molecule has 0 saturated carbocycles. The Kier molecular flexibility index (Phi) is 6.41. The second-order valence-electron chi connectivity index (χ2n) is 6.73. The van der Waals surface area contributed by atoms with E-state index in [1.54, 1.807) is 54.3 Å². The predicted molar refractivity (Wildman–Crippen MR) is 113 cm³/mol. The van der Waals surface area contributed by atoms with Crippen LogP contribution in [0.2, 0.25) is 5.02 Å². The van der Waals surface area contributed by atoms with Crippen molar-refractivity contribution in [3.63, 3.8) is 0 Å². The Morgan fingerprint density at radius 3 is 2.61 bits per heavy atom. The maximum absolute atomic E-state index is 12.6. The Balaban J connectivity index is 1.75. The molecule has 2 aromatic rings. The fourth-order valence-corrected chi connectivity index (χ4v) is 3.29. The molecule has 0 bridgehead atoms. The zero-order chi connectivity index (χ0) is 20.1. The van der Waals surface area contributed by atoms with Crippen LogP contribution in [0.25, 0.3) is 0 Å². The van der Waals surface area contributed by atoms with Crippen LogP contribution >= 0.6 is 11.6 Å². The van der Waals surface area contributed by atoms with Crippen LogP contribution < -0.4 is 20.3 Å². The summed E-state index contributed by atoms with van der Waals surface area (Å²) >= 11 is 5.94. The number of carbonyl (C=O) groups excluding carboxylic acids is 2. The maximum atomic E-state index is 12.6. The first-order chi connectivity index (χ1) is 13.5. The molecule has 0 fully saturated rings. The van der Waals surface area contributed by atoms with Crippen molar-refractivity contribution < 1.29 is 14.3 Å². The van der Waals surface area contributed by atoms with Crippen molar-refractivity contribution in [2.45, 2.75) is 39.2 Å². The molecular formula is C21H24ClN3O3. The molecule has 148 valence electrons. The van der Waals surface area contributed by atoms with Crippen LogP contribution in [0.4, 0.5) is 21.9 Å². The molecule has 0 aromatic heterocycles. The largest absolute Gasteiger partial charge is 0.479 e. The van der Waals surface area contributed by atoms with Crippen LogP contribution in [0.5, 0.6) is 5.75 Å². The first-order valence-corrected chi connectivity index (χ1v) is 9.81. The molecule has 3 rings (SSSR count). The molecule has 1 aliphatic heterocycles. The van der Waals surface area contributed by atoms with E-state index < -0.39 is 12.1 Å². The van der Waals surface area contributed by atoms with E-state index in [1.165, 1.54) is 0 Å². The van der Waals surface area contributed by atoms with Gasteiger partial charge in [0.1, 0.15) is 5.75 Å². The normalized spacial score (nSPS) is 15.6. The number of nitrogens with one attached hydrogen (secondary N) is 2. The average molecular weight is 402 g/mol. The summed E-state index contributed by atoms with van der Waals surface area (Å²) < 4.78 is 5.72. The molecular weight excluding hydrogens is 378 g/mol. The highest BCUT2D eigenvalue weighted by molar-refractivity contribution is 6.30. The van der Waals surface area contributed by atoms with Gasteiger partial charge in [-0.1, -0.05) is 37.4 Å². The third-order valence-electron chi connectivity index (χ3n) is 4.49. The first-order valence-electron chi connectivity index (χ1n) is 9.43. The number of hydrogen-bond donors (Lipinski definition) is 2. The maximum Gasteiger partial charge on any atom is 0.323 e. The van der Waals surface area contributed by atoms with E-state index in [1.807, 2.05) is 0 Å². The number of rotatable bonds is 6. The number of unbranched alkanes of at least 4 members (excludes halogenated alkanes) is 2. The highest BCUT2D eigenvalue weighted by atomic mass is 35.5. The number of amides is 3. The monoisotopic (exact) mass is 401 g/mol. The summed E-state index contributed by atoms with van der Waals surface area (Å²) in [6, 6.07) is 11.8. The molecule has 2 N–H and O–H groups in total. The minimum absolute atomic E-state index is 0.0656. The Morgan fingerprint density at radius 2 is 1.89 bits per heavy atom. The quantitative estimate of drug-likeness (QED) is 0.646. The number of halogens is 1. The van der Waals surface area contributed by atoms with E-state index in [0.29, 0.717) is 34.4 Å². The zero-order valence-electron chi connectivity index (χ0n) is 16.0. The second-order valence-corrected chi connectivity index (χ2v) is 7.17. The third kappa shape index (κ3) is 4.75. The van der Waals surface area contributed by atoms with E-state index in [-0.39, 0.29) is 5.91 Å². The van der Waals surface area contributed by atoms with Gasteiger partial charge < -0.3 is 20.3 Å². The number of benzene rings is 2. The summed E-state index contributed by atoms with van der Waals surface area (Å²) in [5.74, 6) is 0.577. The molecule has 1 heterocycles. The number of anilines is 3. The Labute approximate surface area is 169 Å². The fourth-order valence-electron chi connectivity index (χ4n) is 3.09. The number of nitrogens with zero attached hydrogens (tertiary/aromatic N) is 1. The summed E-state index contributed by atoms with van der Waals surface area (Å²) in [6.45, 7) is 4.51. The minimum Gasteiger partial charge on any atom is -0.479 e. The number of hydrogen-bond acceptors (Lipinski definition) is 3. The number of fused-ring (bicyclic) bond motifs is 1. The van der Waals surface area contributed by atoms with Gasteiger partial charge in [0.25, 0.3) is 5.91 Å². The van der Waals surface area contributed by atoms with Crippen molar-refractivity contribution in [1.29, 1.82) is 0 Å². The molecule has 0 aliphatic carbocycles. The molecule has 0 saturated heterocycles. The molecule has 28 heavy (non-hydrogen) atoms. The van der Waals surface area contributed by atoms with Gasteiger partial charge in [-0.25, -0.2) is 4.79 Å². The molecule has 2 aromatic carbocycles. The highest BCUT2D eigenvalue weighted by Crippen LogP contribution is 2.36. The predicted octanol–water partition coefficient (Wildman–Crippen LogP) is 5.29. The van der Waals surface area contributed by atoms with Crippen LogP contribution in [-0.4, -0.2) is 24.6 Å². The second kappa shape index (κ2) is 8.97. The topological polar surface area (TPSA) is 70.7 Å². The molecule has 7 heteroatoms. The summed E-state index contributed by atoms with van der Waals surface area (Å²) in [6.07, 6.45) is 2.53. The van der Waals surface area contributed by atoms with E-state index in [4.69, 9.17) is 16.3 Å². The Morgan fingerprint density at radius 1 is 1.14 bits per heavy atom. The number of carbonyl (C=O) groups is 2. The van der Waals surface area contributed by atoms with E-state index >= 15 is 0 Å². The first kappa shape index (κ1) is 20.0. The van der Waals surface area contributed by atoms with Gasteiger partial charge in [-0.2, -0.15) is 0 Å². The molecule has 6 nitrogen and oxygen atoms in total. The van der Waals surface area contributed by atoms with Crippen molar-refractivity contribution in [3.05, 3.63) is 47.5 Å². The Hall–Kier alpha value is -2.73. The van der Waals surface area contributed by atoms with Gasteiger partial charge in [0, 0.05) is 22.9 Å². The smallest absolute Gasteiger partial charge is 0.323 e. The van der Waals surface area contributed by atoms with Crippen LogP contribution in [0, 0.1) is 0 Å². The van der Waals surface area contributed by atoms with E-state index in [9.17, 15) is 9.59 Å². The lowest BCUT2D eigenvalue weighted by atomic mass is 10.1. The van der Waals surface area contributed by atoms with Crippen LogP contribution in [0.15, 0.2) is 42.5 Å². The molecule has 1 atom stereocenters. The van der Waals surface area contributed by atoms with Crippen molar-refractivity contribution >= 4 is 40.6 Å². The lowest BCUT2D eigenvalue weighted by molar-refractivity contribution is -0.125. The highest BCUT2D eigenvalue weighted by Gasteiger charge is 2.31. The fraction of sp³-hybridized carbons (Fsp3) is 0.333. The molecule has 0 radical (unpaired) electrons. The SMILES string of the molecule is CCCCCN1C(=O)C(C)Oc2ccc(NC(=O)Nc3cccc(Cl)c3)cc21. The van der Waals surface area contributed by atoms with Crippen molar-refractivity contribution in [2.75, 3.05) is 22.1 Å². The van der Waals surface area contributed by atoms with Crippen molar-refractivity contribution in [2.24, 2.45) is 0 Å². The summed E-state index contributed by atoms with van der Waals surface area (Å²) in [5.41, 5.74) is 1.85. The third-order valence-corrected chi connectivity index (χ3v) is 4.73. The van der Waals surface area contributed by atoms with Gasteiger partial charge >= 0.3 is 6.03 Å². The van der Waals surface area contributed by atoms with Crippen molar-refractivity contribution in [3.8, 4) is 5.75 Å². The minimum atomic E-state index is -0.515.